The molecule has 1 heterocycles. The van der Waals surface area contributed by atoms with Gasteiger partial charge in [-0.3, -0.25) is 0 Å². The molecule has 1 aliphatic heterocycles. The van der Waals surface area contributed by atoms with Crippen LogP contribution < -0.4 is 5.32 Å². The molecule has 0 radical (unpaired) electrons. The number of nitrogens with zero attached hydrogens (tertiary/aromatic N) is 1. The van der Waals surface area contributed by atoms with Crippen molar-refractivity contribution >= 4 is 6.09 Å². The van der Waals surface area contributed by atoms with E-state index in [9.17, 15) is 4.79 Å². The molecule has 1 amide bonds. The normalized spacial score (nSPS) is 26.9. The standard InChI is InChI=1S/C11H22N2O2/c1-8-9(12-5)6-7-13(8)10(14)15-11(2,3)4/h8-9,12H,6-7H2,1-5H3/t8-,9-/m0/s1. The molecule has 1 saturated heterocycles. The second-order valence-corrected chi connectivity index (χ2v) is 5.10. The van der Waals surface area contributed by atoms with E-state index in [0.29, 0.717) is 6.04 Å². The zero-order chi connectivity index (χ0) is 11.6. The molecule has 15 heavy (non-hydrogen) atoms. The van der Waals surface area contributed by atoms with Crippen molar-refractivity contribution in [2.45, 2.75) is 51.8 Å². The Morgan fingerprint density at radius 1 is 1.47 bits per heavy atom. The van der Waals surface area contributed by atoms with Gasteiger partial charge in [0, 0.05) is 18.6 Å². The third-order valence-electron chi connectivity index (χ3n) is 2.75. The molecule has 0 aliphatic carbocycles. The van der Waals surface area contributed by atoms with E-state index in [1.165, 1.54) is 0 Å². The molecule has 1 fully saturated rings. The third-order valence-corrected chi connectivity index (χ3v) is 2.75. The number of hydrogen-bond acceptors (Lipinski definition) is 3. The SMILES string of the molecule is CN[C@H]1CCN(C(=O)OC(C)(C)C)[C@H]1C. The number of amides is 1. The van der Waals surface area contributed by atoms with Gasteiger partial charge in [0.25, 0.3) is 0 Å². The fourth-order valence-corrected chi connectivity index (χ4v) is 1.90. The molecule has 2 atom stereocenters. The van der Waals surface area contributed by atoms with E-state index in [-0.39, 0.29) is 12.1 Å². The van der Waals surface area contributed by atoms with Gasteiger partial charge in [-0.15, -0.1) is 0 Å². The summed E-state index contributed by atoms with van der Waals surface area (Å²) in [5.41, 5.74) is -0.408. The largest absolute Gasteiger partial charge is 0.444 e. The second kappa shape index (κ2) is 4.39. The Balaban J connectivity index is 2.55. The maximum atomic E-state index is 11.8. The monoisotopic (exact) mass is 214 g/mol. The number of carbonyl (C=O) groups is 1. The summed E-state index contributed by atoms with van der Waals surface area (Å²) >= 11 is 0. The van der Waals surface area contributed by atoms with E-state index >= 15 is 0 Å². The number of likely N-dealkylation sites (tertiary alicyclic amines) is 1. The molecule has 88 valence electrons. The Labute approximate surface area is 92.0 Å². The van der Waals surface area contributed by atoms with Crippen LogP contribution in [0.4, 0.5) is 4.79 Å². The lowest BCUT2D eigenvalue weighted by Crippen LogP contribution is -2.43. The summed E-state index contributed by atoms with van der Waals surface area (Å²) in [6.07, 6.45) is 0.796. The molecule has 4 heteroatoms. The Hall–Kier alpha value is -0.770. The van der Waals surface area contributed by atoms with Gasteiger partial charge in [0.2, 0.25) is 0 Å². The van der Waals surface area contributed by atoms with E-state index in [2.05, 4.69) is 12.2 Å². The van der Waals surface area contributed by atoms with Crippen LogP contribution in [0.1, 0.15) is 34.1 Å². The minimum Gasteiger partial charge on any atom is -0.444 e. The summed E-state index contributed by atoms with van der Waals surface area (Å²) < 4.78 is 5.34. The average Bonchev–Trinajstić information content (AvgIpc) is 2.43. The van der Waals surface area contributed by atoms with Gasteiger partial charge in [-0.1, -0.05) is 0 Å². The summed E-state index contributed by atoms with van der Waals surface area (Å²) in [7, 11) is 1.93. The Kier molecular flexibility index (Phi) is 3.60. The van der Waals surface area contributed by atoms with Crippen molar-refractivity contribution < 1.29 is 9.53 Å². The summed E-state index contributed by atoms with van der Waals surface area (Å²) in [4.78, 5) is 13.6. The molecule has 0 unspecified atom stereocenters. The van der Waals surface area contributed by atoms with Crippen LogP contribution in [0.15, 0.2) is 0 Å². The molecular weight excluding hydrogens is 192 g/mol. The van der Waals surface area contributed by atoms with Gasteiger partial charge in [0.15, 0.2) is 0 Å². The van der Waals surface area contributed by atoms with E-state index in [1.807, 2.05) is 27.8 Å². The molecule has 1 N–H and O–H groups in total. The van der Waals surface area contributed by atoms with Crippen molar-refractivity contribution in [1.29, 1.82) is 0 Å². The Morgan fingerprint density at radius 2 is 2.07 bits per heavy atom. The molecule has 0 spiro atoms. The van der Waals surface area contributed by atoms with Crippen molar-refractivity contribution in [3.63, 3.8) is 0 Å². The quantitative estimate of drug-likeness (QED) is 0.721. The minimum absolute atomic E-state index is 0.201. The number of likely N-dealkylation sites (N-methyl/N-ethyl adjacent to an activating group) is 1. The van der Waals surface area contributed by atoms with Gasteiger partial charge in [-0.05, 0) is 41.2 Å². The average molecular weight is 214 g/mol. The van der Waals surface area contributed by atoms with E-state index in [4.69, 9.17) is 4.74 Å². The van der Waals surface area contributed by atoms with Crippen LogP contribution in [0.5, 0.6) is 0 Å². The summed E-state index contributed by atoms with van der Waals surface area (Å²) in [6.45, 7) is 8.50. The smallest absolute Gasteiger partial charge is 0.410 e. The van der Waals surface area contributed by atoms with Gasteiger partial charge in [-0.2, -0.15) is 0 Å². The van der Waals surface area contributed by atoms with Gasteiger partial charge < -0.3 is 15.0 Å². The number of carbonyl (C=O) groups excluding carboxylic acids is 1. The minimum atomic E-state index is -0.408. The predicted molar refractivity (Wildman–Crippen MR) is 59.9 cm³/mol. The number of ether oxygens (including phenoxy) is 1. The summed E-state index contributed by atoms with van der Waals surface area (Å²) in [5.74, 6) is 0. The first-order chi connectivity index (χ1) is 6.85. The molecule has 4 nitrogen and oxygen atoms in total. The molecule has 1 rings (SSSR count). The Morgan fingerprint density at radius 3 is 2.47 bits per heavy atom. The maximum Gasteiger partial charge on any atom is 0.410 e. The zero-order valence-electron chi connectivity index (χ0n) is 10.3. The lowest BCUT2D eigenvalue weighted by Gasteiger charge is -2.28. The highest BCUT2D eigenvalue weighted by Gasteiger charge is 2.35. The van der Waals surface area contributed by atoms with E-state index < -0.39 is 5.60 Å². The lowest BCUT2D eigenvalue weighted by molar-refractivity contribution is 0.0230. The van der Waals surface area contributed by atoms with Crippen molar-refractivity contribution in [1.82, 2.24) is 10.2 Å². The van der Waals surface area contributed by atoms with Crippen LogP contribution in [0.25, 0.3) is 0 Å². The predicted octanol–water partition coefficient (Wildman–Crippen LogP) is 1.60. The van der Waals surface area contributed by atoms with Gasteiger partial charge in [0.05, 0.1) is 0 Å². The van der Waals surface area contributed by atoms with Gasteiger partial charge in [-0.25, -0.2) is 4.79 Å². The van der Waals surface area contributed by atoms with Crippen LogP contribution in [-0.2, 0) is 4.74 Å². The highest BCUT2D eigenvalue weighted by molar-refractivity contribution is 5.69. The first kappa shape index (κ1) is 12.3. The van der Waals surface area contributed by atoms with Gasteiger partial charge in [0.1, 0.15) is 5.60 Å². The van der Waals surface area contributed by atoms with Crippen molar-refractivity contribution in [2.75, 3.05) is 13.6 Å². The summed E-state index contributed by atoms with van der Waals surface area (Å²) in [5, 5.41) is 3.21. The summed E-state index contributed by atoms with van der Waals surface area (Å²) in [6, 6.07) is 0.599. The lowest BCUT2D eigenvalue weighted by atomic mass is 10.1. The van der Waals surface area contributed by atoms with Crippen LogP contribution in [-0.4, -0.2) is 42.3 Å². The van der Waals surface area contributed by atoms with E-state index in [0.717, 1.165) is 13.0 Å². The van der Waals surface area contributed by atoms with Gasteiger partial charge >= 0.3 is 6.09 Å². The molecule has 0 saturated carbocycles. The maximum absolute atomic E-state index is 11.8. The number of hydrogen-bond donors (Lipinski definition) is 1. The fraction of sp³-hybridized carbons (Fsp3) is 0.909. The van der Waals surface area contributed by atoms with Crippen molar-refractivity contribution in [3.05, 3.63) is 0 Å². The third kappa shape index (κ3) is 3.09. The second-order valence-electron chi connectivity index (χ2n) is 5.10. The first-order valence-electron chi connectivity index (χ1n) is 5.52. The van der Waals surface area contributed by atoms with Crippen molar-refractivity contribution in [3.8, 4) is 0 Å². The van der Waals surface area contributed by atoms with Crippen LogP contribution >= 0.6 is 0 Å². The Bertz CT molecular complexity index is 235. The molecule has 0 aromatic heterocycles. The molecule has 0 aromatic carbocycles. The fourth-order valence-electron chi connectivity index (χ4n) is 1.90. The number of rotatable bonds is 1. The van der Waals surface area contributed by atoms with Crippen LogP contribution in [0.3, 0.4) is 0 Å². The molecular formula is C11H22N2O2. The highest BCUT2D eigenvalue weighted by Crippen LogP contribution is 2.20. The molecule has 0 bridgehead atoms. The highest BCUT2D eigenvalue weighted by atomic mass is 16.6. The van der Waals surface area contributed by atoms with Crippen LogP contribution in [0, 0.1) is 0 Å². The van der Waals surface area contributed by atoms with E-state index in [1.54, 1.807) is 4.90 Å². The van der Waals surface area contributed by atoms with Crippen molar-refractivity contribution in [2.24, 2.45) is 0 Å². The topological polar surface area (TPSA) is 41.6 Å². The number of nitrogens with one attached hydrogen (secondary N) is 1. The molecule has 0 aromatic rings. The first-order valence-corrected chi connectivity index (χ1v) is 5.52. The molecule has 1 aliphatic rings. The zero-order valence-corrected chi connectivity index (χ0v) is 10.3. The van der Waals surface area contributed by atoms with Crippen LogP contribution in [0.2, 0.25) is 0 Å².